The van der Waals surface area contributed by atoms with Crippen LogP contribution in [0, 0.1) is 6.92 Å². The fourth-order valence-corrected chi connectivity index (χ4v) is 4.11. The van der Waals surface area contributed by atoms with Gasteiger partial charge in [-0.1, -0.05) is 42.5 Å². The highest BCUT2D eigenvalue weighted by molar-refractivity contribution is 6.29. The lowest BCUT2D eigenvalue weighted by Crippen LogP contribution is -2.14. The van der Waals surface area contributed by atoms with Gasteiger partial charge in [-0.3, -0.25) is 9.59 Å². The van der Waals surface area contributed by atoms with Crippen LogP contribution in [-0.4, -0.2) is 10.4 Å². The van der Waals surface area contributed by atoms with Crippen molar-refractivity contribution >= 4 is 27.5 Å². The van der Waals surface area contributed by atoms with E-state index in [2.05, 4.69) is 0 Å². The van der Waals surface area contributed by atoms with E-state index in [9.17, 15) is 9.59 Å². The van der Waals surface area contributed by atoms with Crippen molar-refractivity contribution in [3.63, 3.8) is 0 Å². The number of benzene rings is 3. The average molecular weight is 325 g/mol. The van der Waals surface area contributed by atoms with Crippen molar-refractivity contribution in [3.8, 4) is 11.1 Å². The zero-order valence-electron chi connectivity index (χ0n) is 14.0. The van der Waals surface area contributed by atoms with Crippen LogP contribution < -0.4 is 5.43 Å². The summed E-state index contributed by atoms with van der Waals surface area (Å²) in [5, 5.41) is 2.59. The van der Waals surface area contributed by atoms with E-state index in [1.165, 1.54) is 0 Å². The highest BCUT2D eigenvalue weighted by Crippen LogP contribution is 2.41. The fraction of sp³-hybridized carbons (Fsp3) is 0.0909. The molecule has 0 N–H and O–H groups in total. The molecule has 0 amide bonds. The quantitative estimate of drug-likeness (QED) is 0.400. The minimum Gasteiger partial charge on any atom is -0.350 e. The first-order chi connectivity index (χ1) is 12.1. The third kappa shape index (κ3) is 1.70. The molecule has 1 aromatic heterocycles. The third-order valence-corrected chi connectivity index (χ3v) is 5.18. The predicted molar refractivity (Wildman–Crippen MR) is 100 cm³/mol. The Hall–Kier alpha value is -3.20. The van der Waals surface area contributed by atoms with Crippen LogP contribution in [0.5, 0.6) is 0 Å². The second kappa shape index (κ2) is 4.67. The molecule has 120 valence electrons. The van der Waals surface area contributed by atoms with E-state index in [0.717, 1.165) is 33.0 Å². The number of carbonyl (C=O) groups is 1. The molecule has 0 radical (unpaired) electrons. The van der Waals surface area contributed by atoms with Gasteiger partial charge < -0.3 is 4.57 Å². The van der Waals surface area contributed by atoms with Crippen molar-refractivity contribution in [1.82, 2.24) is 4.57 Å². The van der Waals surface area contributed by atoms with Crippen LogP contribution in [0.3, 0.4) is 0 Å². The summed E-state index contributed by atoms with van der Waals surface area (Å²) in [6.07, 6.45) is 1.86. The average Bonchev–Trinajstić information content (AvgIpc) is 2.63. The van der Waals surface area contributed by atoms with Crippen molar-refractivity contribution < 1.29 is 4.79 Å². The van der Waals surface area contributed by atoms with Crippen molar-refractivity contribution in [2.45, 2.75) is 6.92 Å². The molecule has 1 heterocycles. The molecular formula is C22H15NO2. The zero-order valence-corrected chi connectivity index (χ0v) is 14.0. The normalized spacial score (nSPS) is 12.6. The summed E-state index contributed by atoms with van der Waals surface area (Å²) in [5.41, 5.74) is 4.93. The lowest BCUT2D eigenvalue weighted by Gasteiger charge is -2.22. The molecular weight excluding hydrogens is 310 g/mol. The van der Waals surface area contributed by atoms with E-state index in [1.807, 2.05) is 73.3 Å². The SMILES string of the molecule is Cc1cn(C)c2c(cc3c4c(cccc42)C(=O)c2ccccc2-3)c1=O. The maximum absolute atomic E-state index is 13.0. The minimum atomic E-state index is 0.0464. The number of aryl methyl sites for hydroxylation is 2. The molecule has 3 aromatic carbocycles. The molecule has 0 saturated carbocycles. The lowest BCUT2D eigenvalue weighted by atomic mass is 9.82. The monoisotopic (exact) mass is 325 g/mol. The van der Waals surface area contributed by atoms with Gasteiger partial charge in [-0.05, 0) is 24.1 Å². The first-order valence-electron chi connectivity index (χ1n) is 8.27. The Morgan fingerprint density at radius 1 is 0.800 bits per heavy atom. The maximum atomic E-state index is 13.0. The number of aromatic nitrogens is 1. The first-order valence-corrected chi connectivity index (χ1v) is 8.27. The molecule has 1 aliphatic carbocycles. The summed E-state index contributed by atoms with van der Waals surface area (Å²) in [5.74, 6) is 0.0464. The molecule has 0 spiro atoms. The summed E-state index contributed by atoms with van der Waals surface area (Å²) in [6, 6.07) is 15.4. The van der Waals surface area contributed by atoms with Gasteiger partial charge in [0.15, 0.2) is 11.2 Å². The second-order valence-corrected chi connectivity index (χ2v) is 6.68. The van der Waals surface area contributed by atoms with Gasteiger partial charge in [0.2, 0.25) is 0 Å². The first kappa shape index (κ1) is 14.2. The molecule has 0 atom stereocenters. The number of rotatable bonds is 0. The van der Waals surface area contributed by atoms with Gasteiger partial charge in [0, 0.05) is 46.1 Å². The number of nitrogens with zero attached hydrogens (tertiary/aromatic N) is 1. The molecule has 0 aliphatic heterocycles. The van der Waals surface area contributed by atoms with E-state index in [0.29, 0.717) is 16.5 Å². The van der Waals surface area contributed by atoms with Crippen molar-refractivity contribution in [1.29, 1.82) is 0 Å². The van der Waals surface area contributed by atoms with Crippen LogP contribution in [0.25, 0.3) is 32.8 Å². The molecule has 0 saturated heterocycles. The Morgan fingerprint density at radius 2 is 1.52 bits per heavy atom. The van der Waals surface area contributed by atoms with Crippen LogP contribution in [0.2, 0.25) is 0 Å². The van der Waals surface area contributed by atoms with Crippen LogP contribution in [-0.2, 0) is 7.05 Å². The molecule has 0 fully saturated rings. The summed E-state index contributed by atoms with van der Waals surface area (Å²) in [6.45, 7) is 1.84. The Labute approximate surface area is 144 Å². The highest BCUT2D eigenvalue weighted by atomic mass is 16.1. The Bertz CT molecular complexity index is 1300. The summed E-state index contributed by atoms with van der Waals surface area (Å²) in [4.78, 5) is 25.8. The fourth-order valence-electron chi connectivity index (χ4n) is 4.11. The van der Waals surface area contributed by atoms with Crippen LogP contribution in [0.4, 0.5) is 0 Å². The molecule has 5 rings (SSSR count). The molecule has 0 bridgehead atoms. The third-order valence-electron chi connectivity index (χ3n) is 5.18. The molecule has 3 nitrogen and oxygen atoms in total. The van der Waals surface area contributed by atoms with Gasteiger partial charge in [0.05, 0.1) is 5.52 Å². The second-order valence-electron chi connectivity index (χ2n) is 6.68. The standard InChI is InChI=1S/C22H15NO2/c1-12-11-23(2)20-15-8-5-9-16-19(15)17(10-18(20)21(12)24)13-6-3-4-7-14(13)22(16)25/h3-11H,1-2H3. The number of hydrogen-bond donors (Lipinski definition) is 0. The van der Waals surface area contributed by atoms with Gasteiger partial charge in [-0.2, -0.15) is 0 Å². The Morgan fingerprint density at radius 3 is 2.32 bits per heavy atom. The number of fused-ring (bicyclic) bond motifs is 4. The summed E-state index contributed by atoms with van der Waals surface area (Å²) < 4.78 is 1.99. The molecule has 25 heavy (non-hydrogen) atoms. The predicted octanol–water partition coefficient (Wildman–Crippen LogP) is 4.21. The maximum Gasteiger partial charge on any atom is 0.194 e. The number of pyridine rings is 1. The van der Waals surface area contributed by atoms with Gasteiger partial charge in [-0.15, -0.1) is 0 Å². The van der Waals surface area contributed by atoms with Gasteiger partial charge in [-0.25, -0.2) is 0 Å². The van der Waals surface area contributed by atoms with E-state index < -0.39 is 0 Å². The Balaban J connectivity index is 2.14. The van der Waals surface area contributed by atoms with Crippen LogP contribution >= 0.6 is 0 Å². The van der Waals surface area contributed by atoms with E-state index >= 15 is 0 Å². The number of ketones is 1. The van der Waals surface area contributed by atoms with Crippen LogP contribution in [0.1, 0.15) is 21.5 Å². The summed E-state index contributed by atoms with van der Waals surface area (Å²) >= 11 is 0. The molecule has 4 aromatic rings. The van der Waals surface area contributed by atoms with Crippen molar-refractivity contribution in [3.05, 3.63) is 81.6 Å². The van der Waals surface area contributed by atoms with E-state index in [1.54, 1.807) is 0 Å². The molecule has 0 unspecified atom stereocenters. The van der Waals surface area contributed by atoms with E-state index in [4.69, 9.17) is 0 Å². The Kier molecular flexibility index (Phi) is 2.65. The van der Waals surface area contributed by atoms with Gasteiger partial charge >= 0.3 is 0 Å². The van der Waals surface area contributed by atoms with E-state index in [-0.39, 0.29) is 11.2 Å². The topological polar surface area (TPSA) is 39.1 Å². The van der Waals surface area contributed by atoms with Gasteiger partial charge in [0.25, 0.3) is 0 Å². The number of carbonyl (C=O) groups excluding carboxylic acids is 1. The molecule has 3 heteroatoms. The largest absolute Gasteiger partial charge is 0.350 e. The zero-order chi connectivity index (χ0) is 17.3. The highest BCUT2D eigenvalue weighted by Gasteiger charge is 2.26. The summed E-state index contributed by atoms with van der Waals surface area (Å²) in [7, 11) is 1.95. The number of hydrogen-bond acceptors (Lipinski definition) is 2. The smallest absolute Gasteiger partial charge is 0.194 e. The van der Waals surface area contributed by atoms with Gasteiger partial charge in [0.1, 0.15) is 0 Å². The molecule has 1 aliphatic rings. The minimum absolute atomic E-state index is 0.0464. The lowest BCUT2D eigenvalue weighted by molar-refractivity contribution is 0.104. The van der Waals surface area contributed by atoms with Crippen molar-refractivity contribution in [2.75, 3.05) is 0 Å². The van der Waals surface area contributed by atoms with Crippen LogP contribution in [0.15, 0.2) is 59.5 Å². The van der Waals surface area contributed by atoms with Crippen molar-refractivity contribution in [2.24, 2.45) is 7.05 Å².